The van der Waals surface area contributed by atoms with Gasteiger partial charge < -0.3 is 11.5 Å². The molecule has 1 aromatic rings. The summed E-state index contributed by atoms with van der Waals surface area (Å²) >= 11 is 11.7. The molecule has 3 nitrogen and oxygen atoms in total. The van der Waals surface area contributed by atoms with Crippen LogP contribution in [0.25, 0.3) is 0 Å². The van der Waals surface area contributed by atoms with E-state index in [1.807, 2.05) is 6.07 Å². The van der Waals surface area contributed by atoms with Gasteiger partial charge in [0.1, 0.15) is 0 Å². The Morgan fingerprint density at radius 2 is 1.93 bits per heavy atom. The molecule has 0 amide bonds. The van der Waals surface area contributed by atoms with Gasteiger partial charge in [0.15, 0.2) is 5.96 Å². The van der Waals surface area contributed by atoms with E-state index in [0.29, 0.717) is 23.0 Å². The predicted molar refractivity (Wildman–Crippen MR) is 76.3 cm³/mol. The summed E-state index contributed by atoms with van der Waals surface area (Å²) in [7, 11) is 0. The van der Waals surface area contributed by atoms with E-state index in [2.05, 4.69) is 4.99 Å². The van der Waals surface area contributed by atoms with Gasteiger partial charge in [0, 0.05) is 16.6 Å². The third kappa shape index (κ3) is 5.44. The summed E-state index contributed by atoms with van der Waals surface area (Å²) in [6.07, 6.45) is 0.702. The topological polar surface area (TPSA) is 64.4 Å². The molecule has 0 heterocycles. The Morgan fingerprint density at radius 3 is 2.47 bits per heavy atom. The predicted octanol–water partition coefficient (Wildman–Crippen LogP) is 2.43. The van der Waals surface area contributed by atoms with Gasteiger partial charge in [0.25, 0.3) is 0 Å². The lowest BCUT2D eigenvalue weighted by Gasteiger charge is -2.02. The van der Waals surface area contributed by atoms with E-state index < -0.39 is 0 Å². The van der Waals surface area contributed by atoms with Crippen LogP contribution in [0.1, 0.15) is 5.56 Å². The van der Waals surface area contributed by atoms with Gasteiger partial charge in [0.2, 0.25) is 0 Å². The number of guanidine groups is 1. The number of halogens is 3. The van der Waals surface area contributed by atoms with Crippen LogP contribution in [0, 0.1) is 0 Å². The van der Waals surface area contributed by atoms with E-state index in [9.17, 15) is 0 Å². The molecule has 84 valence electrons. The van der Waals surface area contributed by atoms with Gasteiger partial charge in [-0.05, 0) is 24.1 Å². The monoisotopic (exact) mass is 359 g/mol. The van der Waals surface area contributed by atoms with E-state index in [1.54, 1.807) is 12.1 Å². The molecule has 6 heteroatoms. The first-order chi connectivity index (χ1) is 6.59. The highest BCUT2D eigenvalue weighted by molar-refractivity contribution is 14.0. The largest absolute Gasteiger partial charge is 0.370 e. The normalized spacial score (nSPS) is 9.20. The van der Waals surface area contributed by atoms with Crippen molar-refractivity contribution in [1.29, 1.82) is 0 Å². The molecule has 4 N–H and O–H groups in total. The van der Waals surface area contributed by atoms with Gasteiger partial charge in [-0.3, -0.25) is 4.99 Å². The van der Waals surface area contributed by atoms with Crippen molar-refractivity contribution in [3.63, 3.8) is 0 Å². The van der Waals surface area contributed by atoms with Crippen molar-refractivity contribution >= 4 is 53.1 Å². The fourth-order valence-electron chi connectivity index (χ4n) is 1.03. The first kappa shape index (κ1) is 14.8. The smallest absolute Gasteiger partial charge is 0.185 e. The van der Waals surface area contributed by atoms with Gasteiger partial charge in [0.05, 0.1) is 0 Å². The number of benzene rings is 1. The second-order valence-electron chi connectivity index (χ2n) is 2.79. The highest BCUT2D eigenvalue weighted by Gasteiger charge is 2.00. The van der Waals surface area contributed by atoms with Gasteiger partial charge in [-0.2, -0.15) is 0 Å². The molecule has 15 heavy (non-hydrogen) atoms. The number of aliphatic imine (C=N–C) groups is 1. The first-order valence-electron chi connectivity index (χ1n) is 4.09. The van der Waals surface area contributed by atoms with Crippen molar-refractivity contribution in [2.24, 2.45) is 16.5 Å². The molecule has 0 radical (unpaired) electrons. The number of rotatable bonds is 3. The van der Waals surface area contributed by atoms with E-state index in [-0.39, 0.29) is 29.9 Å². The standard InChI is InChI=1S/C9H11Cl2N3.HI/c10-7-2-1-6(8(11)5-7)3-4-14-9(12)13;/h1-2,5H,3-4H2,(H4,12,13,14);1H. The lowest BCUT2D eigenvalue weighted by Crippen LogP contribution is -2.23. The highest BCUT2D eigenvalue weighted by Crippen LogP contribution is 2.21. The average molecular weight is 360 g/mol. The molecule has 0 bridgehead atoms. The minimum absolute atomic E-state index is 0. The Bertz CT molecular complexity index is 351. The summed E-state index contributed by atoms with van der Waals surface area (Å²) < 4.78 is 0. The molecule has 0 aromatic heterocycles. The van der Waals surface area contributed by atoms with Crippen LogP contribution in [0.2, 0.25) is 10.0 Å². The SMILES string of the molecule is I.NC(N)=NCCc1ccc(Cl)cc1Cl. The zero-order valence-corrected chi connectivity index (χ0v) is 11.8. The van der Waals surface area contributed by atoms with Crippen LogP contribution in [0.15, 0.2) is 23.2 Å². The summed E-state index contributed by atoms with van der Waals surface area (Å²) in [6.45, 7) is 0.531. The average Bonchev–Trinajstić information content (AvgIpc) is 2.08. The number of hydrogen-bond donors (Lipinski definition) is 2. The summed E-state index contributed by atoms with van der Waals surface area (Å²) in [5.74, 6) is 0.0927. The summed E-state index contributed by atoms with van der Waals surface area (Å²) in [4.78, 5) is 3.86. The van der Waals surface area contributed by atoms with Gasteiger partial charge in [-0.1, -0.05) is 29.3 Å². The molecule has 0 saturated heterocycles. The Morgan fingerprint density at radius 1 is 1.27 bits per heavy atom. The van der Waals surface area contributed by atoms with Gasteiger partial charge in [-0.25, -0.2) is 0 Å². The summed E-state index contributed by atoms with van der Waals surface area (Å²) in [5.41, 5.74) is 11.4. The number of hydrogen-bond acceptors (Lipinski definition) is 1. The molecule has 0 fully saturated rings. The quantitative estimate of drug-likeness (QED) is 0.494. The van der Waals surface area contributed by atoms with E-state index in [0.717, 1.165) is 5.56 Å². The van der Waals surface area contributed by atoms with Crippen LogP contribution < -0.4 is 11.5 Å². The summed E-state index contributed by atoms with van der Waals surface area (Å²) in [6, 6.07) is 5.36. The molecule has 0 aliphatic rings. The third-order valence-electron chi connectivity index (χ3n) is 1.69. The molecular weight excluding hydrogens is 348 g/mol. The third-order valence-corrected chi connectivity index (χ3v) is 2.28. The van der Waals surface area contributed by atoms with E-state index in [4.69, 9.17) is 34.7 Å². The first-order valence-corrected chi connectivity index (χ1v) is 4.84. The molecule has 0 unspecified atom stereocenters. The molecule has 0 atom stereocenters. The lowest BCUT2D eigenvalue weighted by atomic mass is 10.1. The van der Waals surface area contributed by atoms with Crippen molar-refractivity contribution < 1.29 is 0 Å². The maximum absolute atomic E-state index is 5.95. The van der Waals surface area contributed by atoms with E-state index >= 15 is 0 Å². The second kappa shape index (κ2) is 7.14. The molecule has 1 rings (SSSR count). The summed E-state index contributed by atoms with van der Waals surface area (Å²) in [5, 5.41) is 1.27. The maximum Gasteiger partial charge on any atom is 0.185 e. The Labute approximate surface area is 116 Å². The Hall–Kier alpha value is -0.200. The molecule has 0 aliphatic heterocycles. The van der Waals surface area contributed by atoms with E-state index in [1.165, 1.54) is 0 Å². The van der Waals surface area contributed by atoms with Crippen molar-refractivity contribution in [2.45, 2.75) is 6.42 Å². The van der Waals surface area contributed by atoms with Crippen LogP contribution in [0.3, 0.4) is 0 Å². The van der Waals surface area contributed by atoms with Crippen LogP contribution in [-0.2, 0) is 6.42 Å². The lowest BCUT2D eigenvalue weighted by molar-refractivity contribution is 0.962. The zero-order chi connectivity index (χ0) is 10.6. The maximum atomic E-state index is 5.95. The van der Waals surface area contributed by atoms with Gasteiger partial charge >= 0.3 is 0 Å². The highest BCUT2D eigenvalue weighted by atomic mass is 127. The molecule has 0 aliphatic carbocycles. The molecule has 0 saturated carbocycles. The van der Waals surface area contributed by atoms with Crippen LogP contribution in [-0.4, -0.2) is 12.5 Å². The fraction of sp³-hybridized carbons (Fsp3) is 0.222. The fourth-order valence-corrected chi connectivity index (χ4v) is 1.53. The molecule has 1 aromatic carbocycles. The van der Waals surface area contributed by atoms with Crippen LogP contribution in [0.4, 0.5) is 0 Å². The van der Waals surface area contributed by atoms with Crippen molar-refractivity contribution in [1.82, 2.24) is 0 Å². The Balaban J connectivity index is 0.00000196. The number of nitrogens with two attached hydrogens (primary N) is 2. The van der Waals surface area contributed by atoms with Crippen molar-refractivity contribution in [3.05, 3.63) is 33.8 Å². The second-order valence-corrected chi connectivity index (χ2v) is 3.64. The van der Waals surface area contributed by atoms with Crippen molar-refractivity contribution in [3.8, 4) is 0 Å². The molecule has 0 spiro atoms. The van der Waals surface area contributed by atoms with Crippen molar-refractivity contribution in [2.75, 3.05) is 6.54 Å². The number of nitrogens with zero attached hydrogens (tertiary/aromatic N) is 1. The minimum atomic E-state index is 0. The van der Waals surface area contributed by atoms with Crippen LogP contribution in [0.5, 0.6) is 0 Å². The van der Waals surface area contributed by atoms with Gasteiger partial charge in [-0.15, -0.1) is 24.0 Å². The minimum Gasteiger partial charge on any atom is -0.370 e. The van der Waals surface area contributed by atoms with Crippen LogP contribution >= 0.6 is 47.2 Å². The zero-order valence-electron chi connectivity index (χ0n) is 7.91. The Kier molecular flexibility index (Phi) is 7.04. The molecular formula is C9H12Cl2IN3.